The molecule has 0 bridgehead atoms. The zero-order valence-corrected chi connectivity index (χ0v) is 15.4. The average molecular weight is 362 g/mol. The van der Waals surface area contributed by atoms with Gasteiger partial charge in [-0.25, -0.2) is 0 Å². The summed E-state index contributed by atoms with van der Waals surface area (Å²) in [5.41, 5.74) is 6.03. The molecule has 0 fully saturated rings. The molecule has 3 aromatic heterocycles. The Kier molecular flexibility index (Phi) is 4.60. The van der Waals surface area contributed by atoms with Crippen LogP contribution < -0.4 is 5.32 Å². The van der Waals surface area contributed by atoms with Crippen molar-refractivity contribution < 1.29 is 4.42 Å². The molecule has 0 amide bonds. The second kappa shape index (κ2) is 7.19. The van der Waals surface area contributed by atoms with E-state index in [9.17, 15) is 0 Å². The van der Waals surface area contributed by atoms with E-state index in [1.54, 1.807) is 11.3 Å². The molecule has 0 saturated heterocycles. The molecule has 0 atom stereocenters. The molecule has 4 aromatic rings. The Labute approximate surface area is 155 Å². The summed E-state index contributed by atoms with van der Waals surface area (Å²) in [5.74, 6) is 0.998. The molecule has 0 aliphatic heterocycles. The minimum absolute atomic E-state index is 0.487. The van der Waals surface area contributed by atoms with Crippen LogP contribution in [0, 0.1) is 6.92 Å². The van der Waals surface area contributed by atoms with Gasteiger partial charge in [-0.1, -0.05) is 12.1 Å². The molecule has 0 spiro atoms. The van der Waals surface area contributed by atoms with Crippen molar-refractivity contribution in [1.82, 2.24) is 20.5 Å². The van der Waals surface area contributed by atoms with Crippen molar-refractivity contribution in [2.45, 2.75) is 13.5 Å². The molecule has 130 valence electrons. The lowest BCUT2D eigenvalue weighted by molar-refractivity contribution is 0.583. The fourth-order valence-electron chi connectivity index (χ4n) is 2.75. The molecule has 0 saturated carbocycles. The molecular formula is C20H18N4OS. The predicted molar refractivity (Wildman–Crippen MR) is 104 cm³/mol. The topological polar surface area (TPSA) is 63.8 Å². The van der Waals surface area contributed by atoms with Crippen molar-refractivity contribution in [3.8, 4) is 34.0 Å². The Balaban J connectivity index is 1.66. The van der Waals surface area contributed by atoms with Crippen LogP contribution in [0.5, 0.6) is 0 Å². The van der Waals surface area contributed by atoms with Crippen LogP contribution in [-0.2, 0) is 6.54 Å². The summed E-state index contributed by atoms with van der Waals surface area (Å²) in [6, 6.07) is 12.2. The van der Waals surface area contributed by atoms with Gasteiger partial charge in [-0.3, -0.25) is 4.98 Å². The highest BCUT2D eigenvalue weighted by Crippen LogP contribution is 2.30. The van der Waals surface area contributed by atoms with E-state index < -0.39 is 0 Å². The number of pyridine rings is 1. The third kappa shape index (κ3) is 3.29. The standard InChI is InChI=1S/C20H18N4OS/c1-13-18(9-17(11-22-13)16-7-8-26-12-16)20-24-23-19(25-20)15-5-3-14(4-6-15)10-21-2/h3-9,11-12,21H,10H2,1-2H3. The Morgan fingerprint density at radius 3 is 2.54 bits per heavy atom. The second-order valence-corrected chi connectivity index (χ2v) is 6.79. The van der Waals surface area contributed by atoms with Gasteiger partial charge in [0.15, 0.2) is 0 Å². The first kappa shape index (κ1) is 16.6. The van der Waals surface area contributed by atoms with Gasteiger partial charge in [0.2, 0.25) is 11.8 Å². The first-order chi connectivity index (χ1) is 12.7. The van der Waals surface area contributed by atoms with E-state index >= 15 is 0 Å². The number of nitrogens with one attached hydrogen (secondary N) is 1. The lowest BCUT2D eigenvalue weighted by atomic mass is 10.1. The number of aromatic nitrogens is 3. The largest absolute Gasteiger partial charge is 0.416 e. The van der Waals surface area contributed by atoms with E-state index in [1.165, 1.54) is 5.56 Å². The lowest BCUT2D eigenvalue weighted by Crippen LogP contribution is -2.04. The Bertz CT molecular complexity index is 1010. The summed E-state index contributed by atoms with van der Waals surface area (Å²) >= 11 is 1.66. The van der Waals surface area contributed by atoms with Crippen molar-refractivity contribution in [2.24, 2.45) is 0 Å². The average Bonchev–Trinajstić information content (AvgIpc) is 3.35. The number of nitrogens with zero attached hydrogens (tertiary/aromatic N) is 3. The van der Waals surface area contributed by atoms with Gasteiger partial charge in [0.25, 0.3) is 0 Å². The molecule has 6 heteroatoms. The summed E-state index contributed by atoms with van der Waals surface area (Å²) in [5, 5.41) is 15.7. The second-order valence-electron chi connectivity index (χ2n) is 6.01. The molecular weight excluding hydrogens is 344 g/mol. The highest BCUT2D eigenvalue weighted by atomic mass is 32.1. The van der Waals surface area contributed by atoms with Gasteiger partial charge in [-0.2, -0.15) is 11.3 Å². The van der Waals surface area contributed by atoms with Crippen molar-refractivity contribution in [2.75, 3.05) is 7.05 Å². The van der Waals surface area contributed by atoms with Crippen LogP contribution >= 0.6 is 11.3 Å². The van der Waals surface area contributed by atoms with Crippen molar-refractivity contribution >= 4 is 11.3 Å². The maximum absolute atomic E-state index is 5.93. The molecule has 4 rings (SSSR count). The van der Waals surface area contributed by atoms with Crippen LogP contribution in [0.3, 0.4) is 0 Å². The zero-order valence-electron chi connectivity index (χ0n) is 14.6. The number of rotatable bonds is 5. The van der Waals surface area contributed by atoms with Gasteiger partial charge < -0.3 is 9.73 Å². The number of hydrogen-bond donors (Lipinski definition) is 1. The van der Waals surface area contributed by atoms with Gasteiger partial charge in [0.05, 0.1) is 5.56 Å². The summed E-state index contributed by atoms with van der Waals surface area (Å²) in [6.07, 6.45) is 1.87. The van der Waals surface area contributed by atoms with E-state index in [1.807, 2.05) is 32.3 Å². The summed E-state index contributed by atoms with van der Waals surface area (Å²) in [7, 11) is 1.93. The molecule has 26 heavy (non-hydrogen) atoms. The zero-order chi connectivity index (χ0) is 17.9. The van der Waals surface area contributed by atoms with E-state index in [4.69, 9.17) is 4.42 Å². The van der Waals surface area contributed by atoms with Crippen LogP contribution in [0.15, 0.2) is 57.8 Å². The number of benzene rings is 1. The maximum Gasteiger partial charge on any atom is 0.250 e. The van der Waals surface area contributed by atoms with E-state index in [2.05, 4.69) is 55.5 Å². The van der Waals surface area contributed by atoms with Crippen LogP contribution in [-0.4, -0.2) is 22.2 Å². The number of aryl methyl sites for hydroxylation is 1. The maximum atomic E-state index is 5.93. The van der Waals surface area contributed by atoms with Crippen molar-refractivity contribution in [1.29, 1.82) is 0 Å². The first-order valence-corrected chi connectivity index (χ1v) is 9.26. The molecule has 0 aliphatic rings. The van der Waals surface area contributed by atoms with Crippen molar-refractivity contribution in [3.05, 3.63) is 64.6 Å². The Morgan fingerprint density at radius 2 is 1.81 bits per heavy atom. The van der Waals surface area contributed by atoms with Gasteiger partial charge in [-0.15, -0.1) is 10.2 Å². The van der Waals surface area contributed by atoms with Crippen LogP contribution in [0.1, 0.15) is 11.3 Å². The summed E-state index contributed by atoms with van der Waals surface area (Å²) < 4.78 is 5.93. The van der Waals surface area contributed by atoms with Gasteiger partial charge in [0, 0.05) is 29.6 Å². The smallest absolute Gasteiger partial charge is 0.250 e. The minimum atomic E-state index is 0.487. The quantitative estimate of drug-likeness (QED) is 0.564. The number of hydrogen-bond acceptors (Lipinski definition) is 6. The van der Waals surface area contributed by atoms with Crippen molar-refractivity contribution in [3.63, 3.8) is 0 Å². The van der Waals surface area contributed by atoms with Gasteiger partial charge in [-0.05, 0) is 60.1 Å². The molecule has 1 aromatic carbocycles. The van der Waals surface area contributed by atoms with Gasteiger partial charge >= 0.3 is 0 Å². The summed E-state index contributed by atoms with van der Waals surface area (Å²) in [6.45, 7) is 2.78. The Hall–Kier alpha value is -2.83. The van der Waals surface area contributed by atoms with E-state index in [0.29, 0.717) is 11.8 Å². The lowest BCUT2D eigenvalue weighted by Gasteiger charge is -2.04. The molecule has 0 radical (unpaired) electrons. The third-order valence-electron chi connectivity index (χ3n) is 4.18. The summed E-state index contributed by atoms with van der Waals surface area (Å²) in [4.78, 5) is 4.50. The third-order valence-corrected chi connectivity index (χ3v) is 4.86. The van der Waals surface area contributed by atoms with E-state index in [-0.39, 0.29) is 0 Å². The monoisotopic (exact) mass is 362 g/mol. The Morgan fingerprint density at radius 1 is 1.00 bits per heavy atom. The molecule has 0 unspecified atom stereocenters. The van der Waals surface area contributed by atoms with Gasteiger partial charge in [0.1, 0.15) is 0 Å². The molecule has 3 heterocycles. The number of thiophene rings is 1. The first-order valence-electron chi connectivity index (χ1n) is 8.31. The van der Waals surface area contributed by atoms with Crippen LogP contribution in [0.4, 0.5) is 0 Å². The SMILES string of the molecule is CNCc1ccc(-c2nnc(-c3cc(-c4ccsc4)cnc3C)o2)cc1. The van der Waals surface area contributed by atoms with Crippen LogP contribution in [0.2, 0.25) is 0 Å². The fourth-order valence-corrected chi connectivity index (χ4v) is 3.42. The highest BCUT2D eigenvalue weighted by molar-refractivity contribution is 7.08. The molecule has 1 N–H and O–H groups in total. The molecule has 0 aliphatic carbocycles. The normalized spacial score (nSPS) is 11.0. The fraction of sp³-hybridized carbons (Fsp3) is 0.150. The van der Waals surface area contributed by atoms with Crippen LogP contribution in [0.25, 0.3) is 34.0 Å². The predicted octanol–water partition coefficient (Wildman–Crippen LogP) is 4.55. The van der Waals surface area contributed by atoms with E-state index in [0.717, 1.165) is 34.5 Å². The highest BCUT2D eigenvalue weighted by Gasteiger charge is 2.14. The minimum Gasteiger partial charge on any atom is -0.416 e. The molecule has 5 nitrogen and oxygen atoms in total.